The van der Waals surface area contributed by atoms with E-state index in [2.05, 4.69) is 37.9 Å². The van der Waals surface area contributed by atoms with Gasteiger partial charge >= 0.3 is 0 Å². The molecule has 1 unspecified atom stereocenters. The number of piperazine rings is 1. The molecule has 0 saturated carbocycles. The van der Waals surface area contributed by atoms with E-state index in [9.17, 15) is 0 Å². The topological polar surface area (TPSA) is 24.5 Å². The van der Waals surface area contributed by atoms with E-state index in [1.165, 1.54) is 45.2 Å². The van der Waals surface area contributed by atoms with Gasteiger partial charge in [0.2, 0.25) is 0 Å². The Hall–Kier alpha value is -0.120. The third kappa shape index (κ3) is 3.37. The molecule has 2 fully saturated rings. The Morgan fingerprint density at radius 1 is 1.10 bits per heavy atom. The molecule has 2 aliphatic heterocycles. The van der Waals surface area contributed by atoms with Crippen LogP contribution < -0.4 is 5.32 Å². The maximum atomic E-state index is 5.52. The first-order valence-corrected chi connectivity index (χ1v) is 8.65. The lowest BCUT2D eigenvalue weighted by atomic mass is 9.81. The molecule has 3 nitrogen and oxygen atoms in total. The normalized spacial score (nSPS) is 32.4. The highest BCUT2D eigenvalue weighted by Gasteiger charge is 2.43. The van der Waals surface area contributed by atoms with E-state index < -0.39 is 0 Å². The van der Waals surface area contributed by atoms with E-state index in [4.69, 9.17) is 4.74 Å². The van der Waals surface area contributed by atoms with Crippen molar-refractivity contribution in [1.82, 2.24) is 10.2 Å². The summed E-state index contributed by atoms with van der Waals surface area (Å²) in [4.78, 5) is 2.82. The van der Waals surface area contributed by atoms with Gasteiger partial charge in [-0.05, 0) is 44.9 Å². The van der Waals surface area contributed by atoms with Crippen molar-refractivity contribution in [2.45, 2.75) is 70.9 Å². The molecule has 1 atom stereocenters. The molecule has 0 aromatic heterocycles. The second-order valence-corrected chi connectivity index (χ2v) is 7.14. The summed E-state index contributed by atoms with van der Waals surface area (Å²) >= 11 is 0. The molecule has 2 rings (SSSR count). The molecule has 20 heavy (non-hydrogen) atoms. The molecule has 0 spiro atoms. The summed E-state index contributed by atoms with van der Waals surface area (Å²) < 4.78 is 5.52. The van der Waals surface area contributed by atoms with Crippen LogP contribution in [-0.4, -0.2) is 48.8 Å². The van der Waals surface area contributed by atoms with Crippen molar-refractivity contribution in [3.63, 3.8) is 0 Å². The van der Waals surface area contributed by atoms with Crippen LogP contribution in [0.25, 0.3) is 0 Å². The second-order valence-electron chi connectivity index (χ2n) is 7.14. The van der Waals surface area contributed by atoms with Crippen molar-refractivity contribution in [2.75, 3.05) is 32.8 Å². The summed E-state index contributed by atoms with van der Waals surface area (Å²) in [5, 5.41) is 3.84. The first-order valence-electron chi connectivity index (χ1n) is 8.65. The Kier molecular flexibility index (Phi) is 5.49. The highest BCUT2D eigenvalue weighted by Crippen LogP contribution is 2.33. The maximum absolute atomic E-state index is 5.52. The first kappa shape index (κ1) is 16.3. The fourth-order valence-corrected chi connectivity index (χ4v) is 3.82. The van der Waals surface area contributed by atoms with Crippen molar-refractivity contribution in [3.05, 3.63) is 0 Å². The number of hydrogen-bond donors (Lipinski definition) is 1. The molecule has 2 aliphatic rings. The van der Waals surface area contributed by atoms with E-state index >= 15 is 0 Å². The van der Waals surface area contributed by atoms with E-state index in [1.807, 2.05) is 0 Å². The summed E-state index contributed by atoms with van der Waals surface area (Å²) in [5.41, 5.74) is 0.659. The zero-order valence-corrected chi connectivity index (χ0v) is 14.0. The van der Waals surface area contributed by atoms with Gasteiger partial charge in [0.05, 0.1) is 0 Å². The summed E-state index contributed by atoms with van der Waals surface area (Å²) in [7, 11) is 0. The van der Waals surface area contributed by atoms with Gasteiger partial charge in [0.25, 0.3) is 0 Å². The smallest absolute Gasteiger partial charge is 0.0469 e. The molecule has 0 radical (unpaired) electrons. The summed E-state index contributed by atoms with van der Waals surface area (Å²) in [6.45, 7) is 15.0. The van der Waals surface area contributed by atoms with Crippen molar-refractivity contribution < 1.29 is 4.74 Å². The van der Waals surface area contributed by atoms with Crippen LogP contribution in [0.15, 0.2) is 0 Å². The third-order valence-corrected chi connectivity index (χ3v) is 5.97. The molecule has 0 aliphatic carbocycles. The van der Waals surface area contributed by atoms with Gasteiger partial charge in [-0.2, -0.15) is 0 Å². The monoisotopic (exact) mass is 282 g/mol. The number of ether oxygens (including phenoxy) is 1. The molecule has 0 amide bonds. The molecule has 0 bridgehead atoms. The largest absolute Gasteiger partial charge is 0.381 e. The lowest BCUT2D eigenvalue weighted by molar-refractivity contribution is -0.0253. The number of hydrogen-bond acceptors (Lipinski definition) is 3. The Bertz CT molecular complexity index is 297. The molecule has 0 aromatic carbocycles. The molecule has 0 aromatic rings. The van der Waals surface area contributed by atoms with Crippen molar-refractivity contribution in [2.24, 2.45) is 5.92 Å². The van der Waals surface area contributed by atoms with E-state index in [0.717, 1.165) is 25.7 Å². The minimum Gasteiger partial charge on any atom is -0.381 e. The Morgan fingerprint density at radius 2 is 1.75 bits per heavy atom. The molecule has 2 heterocycles. The van der Waals surface area contributed by atoms with Crippen LogP contribution in [0.3, 0.4) is 0 Å². The van der Waals surface area contributed by atoms with Gasteiger partial charge < -0.3 is 10.1 Å². The van der Waals surface area contributed by atoms with Gasteiger partial charge in [-0.1, -0.05) is 20.8 Å². The Labute approximate surface area is 125 Å². The van der Waals surface area contributed by atoms with Gasteiger partial charge in [-0.15, -0.1) is 0 Å². The lowest BCUT2D eigenvalue weighted by Gasteiger charge is -2.54. The standard InChI is InChI=1S/C17H34N2O/c1-5-16(4)14-19(12-15-8-10-20-11-9-15)17(6-2,7-3)13-18-16/h15,18H,5-14H2,1-4H3. The average molecular weight is 282 g/mol. The fourth-order valence-electron chi connectivity index (χ4n) is 3.82. The molecule has 3 heteroatoms. The predicted octanol–water partition coefficient (Wildman–Crippen LogP) is 3.05. The minimum absolute atomic E-state index is 0.291. The highest BCUT2D eigenvalue weighted by atomic mass is 16.5. The van der Waals surface area contributed by atoms with E-state index in [1.54, 1.807) is 0 Å². The van der Waals surface area contributed by atoms with Crippen molar-refractivity contribution >= 4 is 0 Å². The summed E-state index contributed by atoms with van der Waals surface area (Å²) in [5.74, 6) is 0.834. The van der Waals surface area contributed by atoms with Crippen LogP contribution in [0.1, 0.15) is 59.8 Å². The zero-order valence-electron chi connectivity index (χ0n) is 14.0. The third-order valence-electron chi connectivity index (χ3n) is 5.97. The highest BCUT2D eigenvalue weighted by molar-refractivity contribution is 5.02. The van der Waals surface area contributed by atoms with Gasteiger partial charge in [0.15, 0.2) is 0 Å². The fraction of sp³-hybridized carbons (Fsp3) is 1.00. The van der Waals surface area contributed by atoms with E-state index in [-0.39, 0.29) is 0 Å². The van der Waals surface area contributed by atoms with Crippen LogP contribution in [0.5, 0.6) is 0 Å². The predicted molar refractivity (Wildman–Crippen MR) is 85.1 cm³/mol. The van der Waals surface area contributed by atoms with Crippen molar-refractivity contribution in [3.8, 4) is 0 Å². The second kappa shape index (κ2) is 6.76. The van der Waals surface area contributed by atoms with Gasteiger partial charge in [0.1, 0.15) is 0 Å². The Balaban J connectivity index is 2.08. The minimum atomic E-state index is 0.291. The van der Waals surface area contributed by atoms with Crippen LogP contribution in [0.2, 0.25) is 0 Å². The summed E-state index contributed by atoms with van der Waals surface area (Å²) in [6.07, 6.45) is 6.20. The average Bonchev–Trinajstić information content (AvgIpc) is 2.49. The van der Waals surface area contributed by atoms with Gasteiger partial charge in [0, 0.05) is 43.9 Å². The first-order chi connectivity index (χ1) is 9.57. The van der Waals surface area contributed by atoms with Crippen LogP contribution in [-0.2, 0) is 4.74 Å². The quantitative estimate of drug-likeness (QED) is 0.839. The number of nitrogens with zero attached hydrogens (tertiary/aromatic N) is 1. The lowest BCUT2D eigenvalue weighted by Crippen LogP contribution is -2.69. The van der Waals surface area contributed by atoms with Gasteiger partial charge in [-0.25, -0.2) is 0 Å². The van der Waals surface area contributed by atoms with Crippen LogP contribution in [0, 0.1) is 5.92 Å². The SMILES string of the molecule is CCC1(C)CN(CC2CCOCC2)C(CC)(CC)CN1. The molecular weight excluding hydrogens is 248 g/mol. The summed E-state index contributed by atoms with van der Waals surface area (Å²) in [6, 6.07) is 0. The molecule has 1 N–H and O–H groups in total. The van der Waals surface area contributed by atoms with Crippen molar-refractivity contribution in [1.29, 1.82) is 0 Å². The molecular formula is C17H34N2O. The van der Waals surface area contributed by atoms with E-state index in [0.29, 0.717) is 11.1 Å². The Morgan fingerprint density at radius 3 is 2.30 bits per heavy atom. The van der Waals surface area contributed by atoms with Crippen LogP contribution in [0.4, 0.5) is 0 Å². The molecule has 118 valence electrons. The molecule has 2 saturated heterocycles. The maximum Gasteiger partial charge on any atom is 0.0469 e. The van der Waals surface area contributed by atoms with Crippen LogP contribution >= 0.6 is 0 Å². The number of rotatable bonds is 5. The van der Waals surface area contributed by atoms with Gasteiger partial charge in [-0.3, -0.25) is 4.90 Å². The zero-order chi connectivity index (χ0) is 14.6. The number of nitrogens with one attached hydrogen (secondary N) is 1.